The average molecular weight is 298 g/mol. The second-order valence-electron chi connectivity index (χ2n) is 6.55. The Morgan fingerprint density at radius 2 is 2.14 bits per heavy atom. The number of hydrogen-bond acceptors (Lipinski definition) is 4. The van der Waals surface area contributed by atoms with E-state index in [0.717, 1.165) is 45.2 Å². The fourth-order valence-corrected chi connectivity index (χ4v) is 3.34. The molecular weight excluding hydrogens is 268 g/mol. The van der Waals surface area contributed by atoms with Crippen LogP contribution in [-0.4, -0.2) is 49.5 Å². The van der Waals surface area contributed by atoms with Crippen molar-refractivity contribution >= 4 is 5.91 Å². The van der Waals surface area contributed by atoms with E-state index in [4.69, 9.17) is 9.47 Å². The third-order valence-corrected chi connectivity index (χ3v) is 4.57. The summed E-state index contributed by atoms with van der Waals surface area (Å²) in [5.74, 6) is -0.0118. The minimum Gasteiger partial charge on any atom is -0.372 e. The maximum atomic E-state index is 12.1. The Hall–Kier alpha value is -0.650. The van der Waals surface area contributed by atoms with Crippen molar-refractivity contribution < 1.29 is 14.3 Å². The number of nitrogens with one attached hydrogen (secondary N) is 2. The van der Waals surface area contributed by atoms with Gasteiger partial charge in [0, 0.05) is 12.5 Å². The average Bonchev–Trinajstić information content (AvgIpc) is 2.82. The van der Waals surface area contributed by atoms with Crippen molar-refractivity contribution in [2.24, 2.45) is 0 Å². The smallest absolute Gasteiger partial charge is 0.249 e. The van der Waals surface area contributed by atoms with E-state index in [-0.39, 0.29) is 23.7 Å². The highest BCUT2D eigenvalue weighted by atomic mass is 16.6. The third-order valence-electron chi connectivity index (χ3n) is 4.57. The molecule has 2 aliphatic rings. The van der Waals surface area contributed by atoms with E-state index < -0.39 is 6.10 Å². The van der Waals surface area contributed by atoms with Crippen LogP contribution < -0.4 is 10.6 Å². The lowest BCUT2D eigenvalue weighted by atomic mass is 9.89. The van der Waals surface area contributed by atoms with Gasteiger partial charge >= 0.3 is 0 Å². The van der Waals surface area contributed by atoms with Gasteiger partial charge in [-0.1, -0.05) is 13.3 Å². The molecule has 2 N–H and O–H groups in total. The van der Waals surface area contributed by atoms with Crippen LogP contribution in [0.5, 0.6) is 0 Å². The molecule has 0 aromatic heterocycles. The molecule has 2 heterocycles. The number of piperidine rings is 1. The van der Waals surface area contributed by atoms with Gasteiger partial charge in [-0.15, -0.1) is 0 Å². The molecule has 5 heteroatoms. The van der Waals surface area contributed by atoms with Gasteiger partial charge < -0.3 is 20.1 Å². The summed E-state index contributed by atoms with van der Waals surface area (Å²) >= 11 is 0. The van der Waals surface area contributed by atoms with Crippen LogP contribution in [0.1, 0.15) is 52.9 Å². The van der Waals surface area contributed by atoms with Crippen molar-refractivity contribution in [3.05, 3.63) is 0 Å². The van der Waals surface area contributed by atoms with Crippen LogP contribution in [-0.2, 0) is 14.3 Å². The minimum absolute atomic E-state index is 0.0118. The molecule has 0 radical (unpaired) electrons. The zero-order valence-corrected chi connectivity index (χ0v) is 13.6. The van der Waals surface area contributed by atoms with Gasteiger partial charge in [-0.05, 0) is 46.2 Å². The van der Waals surface area contributed by atoms with Gasteiger partial charge in [0.25, 0.3) is 0 Å². The van der Waals surface area contributed by atoms with Crippen molar-refractivity contribution in [2.45, 2.75) is 76.7 Å². The Balaban J connectivity index is 1.75. The molecule has 2 saturated heterocycles. The number of rotatable bonds is 6. The van der Waals surface area contributed by atoms with Crippen LogP contribution in [0.4, 0.5) is 0 Å². The van der Waals surface area contributed by atoms with Crippen molar-refractivity contribution in [3.8, 4) is 0 Å². The Bertz CT molecular complexity index is 342. The number of carbonyl (C=O) groups is 1. The summed E-state index contributed by atoms with van der Waals surface area (Å²) < 4.78 is 11.9. The standard InChI is InChI=1S/C16H30N2O3/c1-4-5-12(2)18-15(19)13(3)21-14-10-16(20-11-14)6-8-17-9-7-16/h12-14,17H,4-11H2,1-3H3,(H,18,19). The summed E-state index contributed by atoms with van der Waals surface area (Å²) in [4.78, 5) is 12.1. The number of carbonyl (C=O) groups excluding carboxylic acids is 1. The molecule has 2 fully saturated rings. The van der Waals surface area contributed by atoms with Crippen molar-refractivity contribution in [3.63, 3.8) is 0 Å². The van der Waals surface area contributed by atoms with E-state index >= 15 is 0 Å². The maximum absolute atomic E-state index is 12.1. The van der Waals surface area contributed by atoms with E-state index in [9.17, 15) is 4.79 Å². The highest BCUT2D eigenvalue weighted by Gasteiger charge is 2.42. The molecule has 3 unspecified atom stereocenters. The summed E-state index contributed by atoms with van der Waals surface area (Å²) in [6, 6.07) is 0.212. The molecule has 122 valence electrons. The lowest BCUT2D eigenvalue weighted by Gasteiger charge is -2.32. The van der Waals surface area contributed by atoms with E-state index in [1.807, 2.05) is 13.8 Å². The molecule has 3 atom stereocenters. The third kappa shape index (κ3) is 4.66. The Kier molecular flexibility index (Phi) is 6.02. The van der Waals surface area contributed by atoms with E-state index in [0.29, 0.717) is 6.61 Å². The largest absolute Gasteiger partial charge is 0.372 e. The summed E-state index contributed by atoms with van der Waals surface area (Å²) in [6.07, 6.45) is 4.71. The first-order valence-corrected chi connectivity index (χ1v) is 8.35. The second-order valence-corrected chi connectivity index (χ2v) is 6.55. The first-order valence-electron chi connectivity index (χ1n) is 8.35. The van der Waals surface area contributed by atoms with E-state index in [1.165, 1.54) is 0 Å². The van der Waals surface area contributed by atoms with Gasteiger partial charge in [0.1, 0.15) is 6.10 Å². The van der Waals surface area contributed by atoms with Crippen molar-refractivity contribution in [1.29, 1.82) is 0 Å². The molecular formula is C16H30N2O3. The molecule has 0 aromatic carbocycles. The molecule has 0 aliphatic carbocycles. The predicted molar refractivity (Wildman–Crippen MR) is 82.3 cm³/mol. The summed E-state index contributed by atoms with van der Waals surface area (Å²) in [6.45, 7) is 8.63. The van der Waals surface area contributed by atoms with E-state index in [2.05, 4.69) is 17.6 Å². The zero-order valence-electron chi connectivity index (χ0n) is 13.6. The Morgan fingerprint density at radius 1 is 1.43 bits per heavy atom. The van der Waals surface area contributed by atoms with Gasteiger partial charge in [-0.25, -0.2) is 0 Å². The normalized spacial score (nSPS) is 27.5. The predicted octanol–water partition coefficient (Wildman–Crippen LogP) is 1.61. The monoisotopic (exact) mass is 298 g/mol. The van der Waals surface area contributed by atoms with Crippen molar-refractivity contribution in [2.75, 3.05) is 19.7 Å². The molecule has 2 rings (SSSR count). The SMILES string of the molecule is CCCC(C)NC(=O)C(C)OC1COC2(CCNCC2)C1. The second kappa shape index (κ2) is 7.56. The fourth-order valence-electron chi connectivity index (χ4n) is 3.34. The van der Waals surface area contributed by atoms with E-state index in [1.54, 1.807) is 0 Å². The van der Waals surface area contributed by atoms with Crippen LogP contribution in [0.2, 0.25) is 0 Å². The van der Waals surface area contributed by atoms with Crippen LogP contribution in [0.25, 0.3) is 0 Å². The molecule has 1 spiro atoms. The highest BCUT2D eigenvalue weighted by Crippen LogP contribution is 2.35. The topological polar surface area (TPSA) is 59.6 Å². The van der Waals surface area contributed by atoms with Crippen LogP contribution in [0, 0.1) is 0 Å². The molecule has 0 aromatic rings. The lowest BCUT2D eigenvalue weighted by molar-refractivity contribution is -0.135. The van der Waals surface area contributed by atoms with Crippen LogP contribution >= 0.6 is 0 Å². The summed E-state index contributed by atoms with van der Waals surface area (Å²) in [5, 5.41) is 6.37. The van der Waals surface area contributed by atoms with Gasteiger partial charge in [0.05, 0.1) is 18.3 Å². The van der Waals surface area contributed by atoms with Crippen molar-refractivity contribution in [1.82, 2.24) is 10.6 Å². The van der Waals surface area contributed by atoms with Crippen LogP contribution in [0.15, 0.2) is 0 Å². The Morgan fingerprint density at radius 3 is 2.81 bits per heavy atom. The molecule has 21 heavy (non-hydrogen) atoms. The Labute approximate surface area is 128 Å². The molecule has 2 aliphatic heterocycles. The van der Waals surface area contributed by atoms with Crippen LogP contribution in [0.3, 0.4) is 0 Å². The maximum Gasteiger partial charge on any atom is 0.249 e. The first kappa shape index (κ1) is 16.7. The molecule has 5 nitrogen and oxygen atoms in total. The fraction of sp³-hybridized carbons (Fsp3) is 0.938. The molecule has 0 saturated carbocycles. The van der Waals surface area contributed by atoms with Gasteiger partial charge in [0.2, 0.25) is 5.91 Å². The quantitative estimate of drug-likeness (QED) is 0.782. The molecule has 1 amide bonds. The zero-order chi connectivity index (χ0) is 15.3. The first-order chi connectivity index (χ1) is 10.0. The number of amides is 1. The van der Waals surface area contributed by atoms with Gasteiger partial charge in [0.15, 0.2) is 0 Å². The highest BCUT2D eigenvalue weighted by molar-refractivity contribution is 5.80. The summed E-state index contributed by atoms with van der Waals surface area (Å²) in [5.41, 5.74) is -0.0123. The molecule has 0 bridgehead atoms. The van der Waals surface area contributed by atoms with Gasteiger partial charge in [-0.2, -0.15) is 0 Å². The number of hydrogen-bond donors (Lipinski definition) is 2. The minimum atomic E-state index is -0.408. The lowest BCUT2D eigenvalue weighted by Crippen LogP contribution is -2.43. The summed E-state index contributed by atoms with van der Waals surface area (Å²) in [7, 11) is 0. The number of ether oxygens (including phenoxy) is 2. The van der Waals surface area contributed by atoms with Gasteiger partial charge in [-0.3, -0.25) is 4.79 Å².